The van der Waals surface area contributed by atoms with Gasteiger partial charge in [0.2, 0.25) is 0 Å². The van der Waals surface area contributed by atoms with Crippen molar-refractivity contribution in [2.24, 2.45) is 0 Å². The molecule has 0 amide bonds. The van der Waals surface area contributed by atoms with E-state index in [1.54, 1.807) is 13.8 Å². The highest BCUT2D eigenvalue weighted by Crippen LogP contribution is 2.36. The fourth-order valence-electron chi connectivity index (χ4n) is 1.29. The Balaban J connectivity index is 3.49. The van der Waals surface area contributed by atoms with Crippen molar-refractivity contribution in [3.8, 4) is 23.0 Å². The number of halogens is 1. The molecule has 0 aliphatic rings. The van der Waals surface area contributed by atoms with Crippen LogP contribution in [0.4, 0.5) is 0 Å². The van der Waals surface area contributed by atoms with Crippen LogP contribution in [-0.4, -0.2) is 18.3 Å². The zero-order valence-corrected chi connectivity index (χ0v) is 13.9. The van der Waals surface area contributed by atoms with Gasteiger partial charge in [-0.25, -0.2) is 0 Å². The Morgan fingerprint density at radius 3 is 1.94 bits per heavy atom. The van der Waals surface area contributed by atoms with Crippen LogP contribution in [0.3, 0.4) is 0 Å². The summed E-state index contributed by atoms with van der Waals surface area (Å²) < 4.78 is 0.633. The Bertz CT molecular complexity index is 490. The lowest BCUT2D eigenvalue weighted by molar-refractivity contribution is 0.448. The van der Waals surface area contributed by atoms with Gasteiger partial charge < -0.3 is 10.2 Å². The van der Waals surface area contributed by atoms with Gasteiger partial charge in [0.15, 0.2) is 0 Å². The predicted octanol–water partition coefficient (Wildman–Crippen LogP) is 3.55. The molecule has 0 fully saturated rings. The van der Waals surface area contributed by atoms with Gasteiger partial charge in [0.1, 0.15) is 19.6 Å². The van der Waals surface area contributed by atoms with E-state index in [1.165, 1.54) is 0 Å². The molecule has 0 saturated carbocycles. The number of benzene rings is 1. The quantitative estimate of drug-likeness (QED) is 0.322. The molecule has 92 valence electrons. The van der Waals surface area contributed by atoms with Crippen LogP contribution in [0.15, 0.2) is 0 Å². The van der Waals surface area contributed by atoms with Crippen molar-refractivity contribution < 1.29 is 10.2 Å². The van der Waals surface area contributed by atoms with Crippen LogP contribution in [0.1, 0.15) is 16.7 Å². The fraction of sp³-hybridized carbons (Fsp3) is 0.385. The van der Waals surface area contributed by atoms with Crippen LogP contribution in [0.25, 0.3) is 0 Å². The Hall–Kier alpha value is -0.673. The van der Waals surface area contributed by atoms with E-state index >= 15 is 0 Å². The Kier molecular flexibility index (Phi) is 4.15. The lowest BCUT2D eigenvalue weighted by Gasteiger charge is -2.11. The molecule has 17 heavy (non-hydrogen) atoms. The number of phenolic OH excluding ortho intramolecular Hbond substituents is 2. The largest absolute Gasteiger partial charge is 0.507 e. The maximum atomic E-state index is 10.1. The fourth-order valence-corrected chi connectivity index (χ4v) is 2.59. The molecular weight excluding hydrogens is 343 g/mol. The molecule has 0 spiro atoms. The standard InChI is InChI=1S/C13H17IO2Si/c1-8-9(2)13(16)11(14)10(12(8)15)6-7-17(3,4)5/h15-16H,1-5H3. The van der Waals surface area contributed by atoms with Gasteiger partial charge in [0.25, 0.3) is 0 Å². The molecule has 0 unspecified atom stereocenters. The van der Waals surface area contributed by atoms with Crippen molar-refractivity contribution >= 4 is 30.7 Å². The van der Waals surface area contributed by atoms with Crippen molar-refractivity contribution in [3.63, 3.8) is 0 Å². The summed E-state index contributed by atoms with van der Waals surface area (Å²) in [6.45, 7) is 10.0. The van der Waals surface area contributed by atoms with Crippen molar-refractivity contribution in [1.29, 1.82) is 0 Å². The summed E-state index contributed by atoms with van der Waals surface area (Å²) in [6.07, 6.45) is 0. The summed E-state index contributed by atoms with van der Waals surface area (Å²) >= 11 is 2.03. The minimum absolute atomic E-state index is 0.190. The first-order chi connectivity index (χ1) is 7.65. The zero-order valence-electron chi connectivity index (χ0n) is 10.8. The molecule has 0 aliphatic heterocycles. The molecule has 1 aromatic rings. The van der Waals surface area contributed by atoms with Crippen molar-refractivity contribution in [3.05, 3.63) is 20.3 Å². The monoisotopic (exact) mass is 360 g/mol. The lowest BCUT2D eigenvalue weighted by atomic mass is 10.0. The van der Waals surface area contributed by atoms with Gasteiger partial charge in [0.05, 0.1) is 9.13 Å². The van der Waals surface area contributed by atoms with Gasteiger partial charge >= 0.3 is 0 Å². The zero-order chi connectivity index (χ0) is 13.4. The minimum Gasteiger partial charge on any atom is -0.507 e. The van der Waals surface area contributed by atoms with E-state index in [2.05, 4.69) is 31.1 Å². The Morgan fingerprint density at radius 2 is 1.47 bits per heavy atom. The predicted molar refractivity (Wildman–Crippen MR) is 82.2 cm³/mol. The third-order valence-electron chi connectivity index (χ3n) is 2.50. The highest BCUT2D eigenvalue weighted by atomic mass is 127. The van der Waals surface area contributed by atoms with Crippen LogP contribution >= 0.6 is 22.6 Å². The topological polar surface area (TPSA) is 40.5 Å². The van der Waals surface area contributed by atoms with Gasteiger partial charge in [-0.2, -0.15) is 0 Å². The molecule has 0 aliphatic carbocycles. The maximum absolute atomic E-state index is 10.1. The first-order valence-electron chi connectivity index (χ1n) is 5.39. The summed E-state index contributed by atoms with van der Waals surface area (Å²) in [4.78, 5) is 0. The van der Waals surface area contributed by atoms with Gasteiger partial charge in [-0.05, 0) is 47.6 Å². The number of phenols is 2. The van der Waals surface area contributed by atoms with E-state index in [0.29, 0.717) is 20.3 Å². The molecule has 4 heteroatoms. The Morgan fingerprint density at radius 1 is 1.00 bits per heavy atom. The maximum Gasteiger partial charge on any atom is 0.135 e. The number of aromatic hydroxyl groups is 2. The van der Waals surface area contributed by atoms with E-state index in [9.17, 15) is 10.2 Å². The van der Waals surface area contributed by atoms with Crippen molar-refractivity contribution in [2.75, 3.05) is 0 Å². The van der Waals surface area contributed by atoms with Gasteiger partial charge in [-0.3, -0.25) is 0 Å². The summed E-state index contributed by atoms with van der Waals surface area (Å²) in [5.74, 6) is 3.44. The average Bonchev–Trinajstić information content (AvgIpc) is 2.22. The van der Waals surface area contributed by atoms with Crippen LogP contribution in [0.2, 0.25) is 19.6 Å². The summed E-state index contributed by atoms with van der Waals surface area (Å²) in [5.41, 5.74) is 5.17. The van der Waals surface area contributed by atoms with Crippen LogP contribution in [0.5, 0.6) is 11.5 Å². The molecule has 1 rings (SSSR count). The second-order valence-electron chi connectivity index (χ2n) is 5.14. The lowest BCUT2D eigenvalue weighted by Crippen LogP contribution is -2.16. The molecule has 2 N–H and O–H groups in total. The van der Waals surface area contributed by atoms with Crippen molar-refractivity contribution in [1.82, 2.24) is 0 Å². The SMILES string of the molecule is Cc1c(C)c(O)c(C#C[Si](C)(C)C)c(I)c1O. The molecular formula is C13H17IO2Si. The number of hydrogen-bond donors (Lipinski definition) is 2. The molecule has 0 atom stereocenters. The Labute approximate surface area is 117 Å². The second kappa shape index (κ2) is 4.90. The first kappa shape index (κ1) is 14.4. The third kappa shape index (κ3) is 3.17. The van der Waals surface area contributed by atoms with Gasteiger partial charge in [-0.1, -0.05) is 25.6 Å². The second-order valence-corrected chi connectivity index (χ2v) is 11.0. The normalized spacial score (nSPS) is 10.9. The molecule has 0 aromatic heterocycles. The average molecular weight is 360 g/mol. The molecule has 0 heterocycles. The van der Waals surface area contributed by atoms with E-state index in [1.807, 2.05) is 22.6 Å². The minimum atomic E-state index is -1.49. The molecule has 0 bridgehead atoms. The summed E-state index contributed by atoms with van der Waals surface area (Å²) in [7, 11) is -1.49. The van der Waals surface area contributed by atoms with Crippen LogP contribution in [-0.2, 0) is 0 Å². The van der Waals surface area contributed by atoms with Gasteiger partial charge in [0, 0.05) is 0 Å². The molecule has 0 saturated heterocycles. The van der Waals surface area contributed by atoms with E-state index < -0.39 is 8.07 Å². The highest BCUT2D eigenvalue weighted by Gasteiger charge is 2.16. The smallest absolute Gasteiger partial charge is 0.135 e. The van der Waals surface area contributed by atoms with Crippen molar-refractivity contribution in [2.45, 2.75) is 33.5 Å². The third-order valence-corrected chi connectivity index (χ3v) is 4.42. The van der Waals surface area contributed by atoms with E-state index in [-0.39, 0.29) is 11.5 Å². The van der Waals surface area contributed by atoms with Gasteiger partial charge in [-0.15, -0.1) is 5.54 Å². The first-order valence-corrected chi connectivity index (χ1v) is 9.96. The highest BCUT2D eigenvalue weighted by molar-refractivity contribution is 14.1. The summed E-state index contributed by atoms with van der Waals surface area (Å²) in [6, 6.07) is 0. The van der Waals surface area contributed by atoms with Crippen LogP contribution in [0, 0.1) is 28.9 Å². The molecule has 2 nitrogen and oxygen atoms in total. The number of rotatable bonds is 0. The van der Waals surface area contributed by atoms with Crippen LogP contribution < -0.4 is 0 Å². The summed E-state index contributed by atoms with van der Waals surface area (Å²) in [5, 5.41) is 20.0. The van der Waals surface area contributed by atoms with E-state index in [0.717, 1.165) is 0 Å². The molecule has 0 radical (unpaired) electrons. The number of hydrogen-bond acceptors (Lipinski definition) is 2. The van der Waals surface area contributed by atoms with E-state index in [4.69, 9.17) is 0 Å². The molecule has 1 aromatic carbocycles.